The summed E-state index contributed by atoms with van der Waals surface area (Å²) in [6.07, 6.45) is 0. The number of nitro benzene ring substituents is 1. The first kappa shape index (κ1) is 17.1. The number of hydrogen-bond donors (Lipinski definition) is 0. The molecule has 3 rings (SSSR count). The lowest BCUT2D eigenvalue weighted by Gasteiger charge is -2.07. The number of benzene rings is 3. The number of nitrogens with zero attached hydrogens (tertiary/aromatic N) is 1. The fraction of sp³-hybridized carbons (Fsp3) is 0.0526. The van der Waals surface area contributed by atoms with Crippen molar-refractivity contribution in [3.05, 3.63) is 81.9 Å². The Hall–Kier alpha value is -3.74. The van der Waals surface area contributed by atoms with Gasteiger partial charge in [-0.1, -0.05) is 30.3 Å². The molecule has 0 heterocycles. The third-order valence-corrected chi connectivity index (χ3v) is 3.72. The number of methoxy groups -OCH3 is 1. The molecule has 0 atom stereocenters. The summed E-state index contributed by atoms with van der Waals surface area (Å²) in [5.74, 6) is -1.30. The molecular weight excluding hydrogens is 338 g/mol. The van der Waals surface area contributed by atoms with E-state index in [-0.39, 0.29) is 11.1 Å². The Morgan fingerprint density at radius 1 is 0.885 bits per heavy atom. The maximum Gasteiger partial charge on any atom is 0.343 e. The van der Waals surface area contributed by atoms with E-state index in [1.807, 2.05) is 24.3 Å². The van der Waals surface area contributed by atoms with Crippen LogP contribution in [0.5, 0.6) is 5.75 Å². The molecule has 0 N–H and O–H groups in total. The van der Waals surface area contributed by atoms with E-state index in [0.717, 1.165) is 30.0 Å². The fourth-order valence-electron chi connectivity index (χ4n) is 2.47. The molecule has 0 saturated heterocycles. The molecule has 0 bridgehead atoms. The van der Waals surface area contributed by atoms with Crippen LogP contribution in [0.3, 0.4) is 0 Å². The average Bonchev–Trinajstić information content (AvgIpc) is 2.66. The molecule has 0 radical (unpaired) electrons. The van der Waals surface area contributed by atoms with Crippen molar-refractivity contribution in [3.8, 4) is 5.75 Å². The van der Waals surface area contributed by atoms with E-state index in [0.29, 0.717) is 5.75 Å². The van der Waals surface area contributed by atoms with Crippen molar-refractivity contribution in [1.82, 2.24) is 0 Å². The predicted molar refractivity (Wildman–Crippen MR) is 93.3 cm³/mol. The van der Waals surface area contributed by atoms with E-state index in [9.17, 15) is 19.7 Å². The van der Waals surface area contributed by atoms with Crippen LogP contribution in [-0.4, -0.2) is 24.0 Å². The SMILES string of the molecule is COC(=O)c1cc(C(=O)Oc2ccc3ccccc3c2)cc([N+](=O)[O-])c1. The third-order valence-electron chi connectivity index (χ3n) is 3.72. The predicted octanol–water partition coefficient (Wildman–Crippen LogP) is 3.75. The van der Waals surface area contributed by atoms with E-state index in [2.05, 4.69) is 4.74 Å². The molecule has 3 aromatic carbocycles. The number of carbonyl (C=O) groups is 2. The van der Waals surface area contributed by atoms with Crippen LogP contribution < -0.4 is 4.74 Å². The quantitative estimate of drug-likeness (QED) is 0.307. The van der Waals surface area contributed by atoms with E-state index >= 15 is 0 Å². The molecule has 0 amide bonds. The van der Waals surface area contributed by atoms with Crippen molar-refractivity contribution in [2.45, 2.75) is 0 Å². The lowest BCUT2D eigenvalue weighted by molar-refractivity contribution is -0.384. The number of fused-ring (bicyclic) bond motifs is 1. The van der Waals surface area contributed by atoms with Crippen LogP contribution in [0.15, 0.2) is 60.7 Å². The molecule has 3 aromatic rings. The molecule has 7 nitrogen and oxygen atoms in total. The Bertz CT molecular complexity index is 1030. The molecule has 0 aliphatic heterocycles. The molecular formula is C19H13NO6. The molecule has 26 heavy (non-hydrogen) atoms. The number of rotatable bonds is 4. The summed E-state index contributed by atoms with van der Waals surface area (Å²) in [5, 5.41) is 12.9. The number of esters is 2. The normalized spacial score (nSPS) is 10.3. The minimum Gasteiger partial charge on any atom is -0.465 e. The van der Waals surface area contributed by atoms with E-state index in [1.165, 1.54) is 6.07 Å². The van der Waals surface area contributed by atoms with E-state index < -0.39 is 22.5 Å². The first-order valence-electron chi connectivity index (χ1n) is 7.57. The summed E-state index contributed by atoms with van der Waals surface area (Å²) in [7, 11) is 1.15. The van der Waals surface area contributed by atoms with Gasteiger partial charge in [-0.25, -0.2) is 9.59 Å². The molecule has 130 valence electrons. The number of hydrogen-bond acceptors (Lipinski definition) is 6. The van der Waals surface area contributed by atoms with Gasteiger partial charge in [-0.15, -0.1) is 0 Å². The number of non-ortho nitro benzene ring substituents is 1. The van der Waals surface area contributed by atoms with E-state index in [1.54, 1.807) is 18.2 Å². The largest absolute Gasteiger partial charge is 0.465 e. The van der Waals surface area contributed by atoms with Crippen molar-refractivity contribution in [3.63, 3.8) is 0 Å². The molecule has 0 aromatic heterocycles. The maximum absolute atomic E-state index is 12.4. The summed E-state index contributed by atoms with van der Waals surface area (Å²) in [6.45, 7) is 0. The van der Waals surface area contributed by atoms with Crippen LogP contribution in [-0.2, 0) is 4.74 Å². The van der Waals surface area contributed by atoms with Gasteiger partial charge >= 0.3 is 11.9 Å². The van der Waals surface area contributed by atoms with Gasteiger partial charge in [0.15, 0.2) is 0 Å². The summed E-state index contributed by atoms with van der Waals surface area (Å²) >= 11 is 0. The lowest BCUT2D eigenvalue weighted by atomic mass is 10.1. The number of carbonyl (C=O) groups excluding carboxylic acids is 2. The van der Waals surface area contributed by atoms with Crippen LogP contribution in [0.4, 0.5) is 5.69 Å². The van der Waals surface area contributed by atoms with E-state index in [4.69, 9.17) is 4.74 Å². The van der Waals surface area contributed by atoms with Gasteiger partial charge in [0.25, 0.3) is 5.69 Å². The highest BCUT2D eigenvalue weighted by molar-refractivity contribution is 5.97. The highest BCUT2D eigenvalue weighted by Crippen LogP contribution is 2.23. The molecule has 0 aliphatic rings. The first-order chi connectivity index (χ1) is 12.5. The third kappa shape index (κ3) is 3.51. The zero-order chi connectivity index (χ0) is 18.7. The molecule has 7 heteroatoms. The second-order valence-electron chi connectivity index (χ2n) is 5.42. The second kappa shape index (κ2) is 7.02. The van der Waals surface area contributed by atoms with Gasteiger partial charge < -0.3 is 9.47 Å². The topological polar surface area (TPSA) is 95.7 Å². The van der Waals surface area contributed by atoms with Gasteiger partial charge in [-0.3, -0.25) is 10.1 Å². The summed E-state index contributed by atoms with van der Waals surface area (Å²) < 4.78 is 9.86. The van der Waals surface area contributed by atoms with Crippen LogP contribution in [0.2, 0.25) is 0 Å². The highest BCUT2D eigenvalue weighted by atomic mass is 16.6. The van der Waals surface area contributed by atoms with Crippen LogP contribution in [0.25, 0.3) is 10.8 Å². The first-order valence-corrected chi connectivity index (χ1v) is 7.57. The molecule has 0 unspecified atom stereocenters. The van der Waals surface area contributed by atoms with Crippen molar-refractivity contribution in [2.24, 2.45) is 0 Å². The average molecular weight is 351 g/mol. The fourth-order valence-corrected chi connectivity index (χ4v) is 2.47. The Morgan fingerprint density at radius 2 is 1.54 bits per heavy atom. The summed E-state index contributed by atoms with van der Waals surface area (Å²) in [4.78, 5) is 34.4. The second-order valence-corrected chi connectivity index (χ2v) is 5.42. The number of nitro groups is 1. The van der Waals surface area contributed by atoms with Crippen LogP contribution in [0.1, 0.15) is 20.7 Å². The summed E-state index contributed by atoms with van der Waals surface area (Å²) in [6, 6.07) is 15.9. The van der Waals surface area contributed by atoms with Gasteiger partial charge in [0.2, 0.25) is 0 Å². The molecule has 0 fully saturated rings. The summed E-state index contributed by atoms with van der Waals surface area (Å²) in [5.41, 5.74) is -0.627. The van der Waals surface area contributed by atoms with Crippen molar-refractivity contribution in [2.75, 3.05) is 7.11 Å². The maximum atomic E-state index is 12.4. The van der Waals surface area contributed by atoms with Crippen LogP contribution >= 0.6 is 0 Å². The van der Waals surface area contributed by atoms with Gasteiger partial charge in [0.1, 0.15) is 5.75 Å². The Balaban J connectivity index is 1.93. The molecule has 0 saturated carbocycles. The molecule has 0 aliphatic carbocycles. The molecule has 0 spiro atoms. The Kier molecular flexibility index (Phi) is 4.62. The standard InChI is InChI=1S/C19H13NO6/c1-25-18(21)14-8-15(10-16(9-14)20(23)24)19(22)26-17-7-6-12-4-2-3-5-13(12)11-17/h2-11H,1H3. The van der Waals surface area contributed by atoms with Gasteiger partial charge in [-0.2, -0.15) is 0 Å². The Labute approximate surface area is 147 Å². The van der Waals surface area contributed by atoms with Crippen LogP contribution in [0, 0.1) is 10.1 Å². The van der Waals surface area contributed by atoms with Gasteiger partial charge in [-0.05, 0) is 29.0 Å². The van der Waals surface area contributed by atoms with Crippen molar-refractivity contribution >= 4 is 28.4 Å². The smallest absolute Gasteiger partial charge is 0.343 e. The highest BCUT2D eigenvalue weighted by Gasteiger charge is 2.19. The zero-order valence-corrected chi connectivity index (χ0v) is 13.7. The minimum absolute atomic E-state index is 0.104. The monoisotopic (exact) mass is 351 g/mol. The minimum atomic E-state index is -0.811. The van der Waals surface area contributed by atoms with Gasteiger partial charge in [0.05, 0.1) is 23.2 Å². The van der Waals surface area contributed by atoms with Gasteiger partial charge in [0, 0.05) is 12.1 Å². The Morgan fingerprint density at radius 3 is 2.19 bits per heavy atom. The van der Waals surface area contributed by atoms with Crippen molar-refractivity contribution < 1.29 is 24.0 Å². The van der Waals surface area contributed by atoms with Crippen molar-refractivity contribution in [1.29, 1.82) is 0 Å². The lowest BCUT2D eigenvalue weighted by Crippen LogP contribution is -2.11. The number of ether oxygens (including phenoxy) is 2. The zero-order valence-electron chi connectivity index (χ0n) is 13.7.